The van der Waals surface area contributed by atoms with E-state index in [2.05, 4.69) is 22.9 Å². The van der Waals surface area contributed by atoms with E-state index in [1.54, 1.807) is 14.2 Å². The molecule has 1 atom stereocenters. The van der Waals surface area contributed by atoms with Gasteiger partial charge in [-0.3, -0.25) is 4.79 Å². The summed E-state index contributed by atoms with van der Waals surface area (Å²) >= 11 is 3.43. The molecule has 2 aromatic rings. The fraction of sp³-hybridized carbons (Fsp3) is 0.458. The lowest BCUT2D eigenvalue weighted by atomic mass is 10.0. The van der Waals surface area contributed by atoms with Crippen LogP contribution in [-0.4, -0.2) is 31.6 Å². The summed E-state index contributed by atoms with van der Waals surface area (Å²) in [5.74, 6) is 2.59. The molecule has 2 aromatic carbocycles. The molecule has 0 aliphatic heterocycles. The van der Waals surface area contributed by atoms with Crippen molar-refractivity contribution in [3.63, 3.8) is 0 Å². The van der Waals surface area contributed by atoms with Crippen LogP contribution in [0.15, 0.2) is 24.3 Å². The number of esters is 1. The van der Waals surface area contributed by atoms with Gasteiger partial charge in [0.15, 0.2) is 11.5 Å². The Hall–Kier alpha value is -2.21. The van der Waals surface area contributed by atoms with Gasteiger partial charge in [-0.2, -0.15) is 0 Å². The van der Waals surface area contributed by atoms with Crippen LogP contribution in [0.4, 0.5) is 0 Å². The molecule has 5 nitrogen and oxygen atoms in total. The Morgan fingerprint density at radius 1 is 0.933 bits per heavy atom. The highest BCUT2D eigenvalue weighted by Gasteiger charge is 2.21. The van der Waals surface area contributed by atoms with E-state index in [-0.39, 0.29) is 10.8 Å². The van der Waals surface area contributed by atoms with Crippen molar-refractivity contribution in [2.24, 2.45) is 0 Å². The summed E-state index contributed by atoms with van der Waals surface area (Å²) in [6.07, 6.45) is 2.42. The van der Waals surface area contributed by atoms with Gasteiger partial charge in [0.2, 0.25) is 0 Å². The lowest BCUT2D eigenvalue weighted by Gasteiger charge is -2.20. The molecule has 0 saturated heterocycles. The highest BCUT2D eigenvalue weighted by atomic mass is 79.9. The third kappa shape index (κ3) is 5.69. The number of halogens is 1. The van der Waals surface area contributed by atoms with E-state index < -0.39 is 0 Å². The molecule has 1 unspecified atom stereocenters. The minimum absolute atomic E-state index is 0.230. The van der Waals surface area contributed by atoms with Gasteiger partial charge in [-0.25, -0.2) is 0 Å². The van der Waals surface area contributed by atoms with Gasteiger partial charge >= 0.3 is 5.97 Å². The molecule has 0 fully saturated rings. The zero-order chi connectivity index (χ0) is 22.3. The maximum Gasteiger partial charge on any atom is 0.320 e. The van der Waals surface area contributed by atoms with E-state index in [1.165, 1.54) is 0 Å². The summed E-state index contributed by atoms with van der Waals surface area (Å²) in [7, 11) is 3.29. The molecule has 0 saturated carbocycles. The number of benzene rings is 2. The van der Waals surface area contributed by atoms with Crippen molar-refractivity contribution in [1.29, 1.82) is 0 Å². The van der Waals surface area contributed by atoms with Gasteiger partial charge in [-0.05, 0) is 56.9 Å². The molecule has 30 heavy (non-hydrogen) atoms. The van der Waals surface area contributed by atoms with Crippen LogP contribution in [0, 0.1) is 20.8 Å². The van der Waals surface area contributed by atoms with Crippen LogP contribution < -0.4 is 14.2 Å². The number of ether oxygens (including phenoxy) is 4. The summed E-state index contributed by atoms with van der Waals surface area (Å²) in [5, 5.41) is 0. The Bertz CT molecular complexity index is 861. The van der Waals surface area contributed by atoms with Crippen molar-refractivity contribution in [2.75, 3.05) is 20.8 Å². The molecule has 0 bridgehead atoms. The Kier molecular flexibility index (Phi) is 9.03. The minimum Gasteiger partial charge on any atom is -0.496 e. The third-order valence-corrected chi connectivity index (χ3v) is 5.79. The summed E-state index contributed by atoms with van der Waals surface area (Å²) in [6, 6.07) is 7.67. The molecule has 164 valence electrons. The Morgan fingerprint density at radius 3 is 2.10 bits per heavy atom. The molecule has 0 aromatic heterocycles. The van der Waals surface area contributed by atoms with Gasteiger partial charge in [0.25, 0.3) is 0 Å². The van der Waals surface area contributed by atoms with Gasteiger partial charge in [0, 0.05) is 11.1 Å². The molecular formula is C24H31BrO5. The molecule has 0 aliphatic carbocycles. The van der Waals surface area contributed by atoms with Gasteiger partial charge in [-0.1, -0.05) is 41.4 Å². The summed E-state index contributed by atoms with van der Waals surface area (Å²) in [5.41, 5.74) is 3.91. The Balaban J connectivity index is 2.15. The van der Waals surface area contributed by atoms with Crippen LogP contribution in [0.25, 0.3) is 0 Å². The number of hydrogen-bond donors (Lipinski definition) is 0. The van der Waals surface area contributed by atoms with Crippen LogP contribution >= 0.6 is 15.9 Å². The van der Waals surface area contributed by atoms with Crippen molar-refractivity contribution >= 4 is 21.9 Å². The first-order valence-electron chi connectivity index (χ1n) is 10.1. The standard InChI is InChI=1S/C24H31BrO5/c1-7-8-13-29-24(26)20(25)14-18-9-11-19(12-10-18)30-23-17(4)21(27-5)15(2)16(3)22(23)28-6/h9-12,20H,7-8,13-14H2,1-6H3. The van der Waals surface area contributed by atoms with E-state index in [9.17, 15) is 4.79 Å². The van der Waals surface area contributed by atoms with Crippen molar-refractivity contribution in [2.45, 2.75) is 51.8 Å². The van der Waals surface area contributed by atoms with Crippen LogP contribution in [0.1, 0.15) is 42.0 Å². The molecule has 6 heteroatoms. The van der Waals surface area contributed by atoms with Crippen LogP contribution in [0.2, 0.25) is 0 Å². The largest absolute Gasteiger partial charge is 0.496 e. The minimum atomic E-state index is -0.368. The van der Waals surface area contributed by atoms with Crippen LogP contribution in [-0.2, 0) is 16.0 Å². The smallest absolute Gasteiger partial charge is 0.320 e. The number of hydrogen-bond acceptors (Lipinski definition) is 5. The molecule has 0 radical (unpaired) electrons. The first-order valence-corrected chi connectivity index (χ1v) is 11.0. The third-order valence-electron chi connectivity index (χ3n) is 5.10. The van der Waals surface area contributed by atoms with Crippen LogP contribution in [0.3, 0.4) is 0 Å². The van der Waals surface area contributed by atoms with Crippen molar-refractivity contribution in [3.05, 3.63) is 46.5 Å². The first kappa shape index (κ1) is 24.1. The van der Waals surface area contributed by atoms with E-state index in [0.717, 1.165) is 40.8 Å². The predicted molar refractivity (Wildman–Crippen MR) is 123 cm³/mol. The number of unbranched alkanes of at least 4 members (excludes halogenated alkanes) is 1. The lowest BCUT2D eigenvalue weighted by molar-refractivity contribution is -0.142. The number of alkyl halides is 1. The monoisotopic (exact) mass is 478 g/mol. The zero-order valence-electron chi connectivity index (χ0n) is 18.6. The van der Waals surface area contributed by atoms with Gasteiger partial charge in [0.05, 0.1) is 20.8 Å². The summed E-state index contributed by atoms with van der Waals surface area (Å²) in [4.78, 5) is 11.7. The Labute approximate surface area is 187 Å². The lowest BCUT2D eigenvalue weighted by Crippen LogP contribution is -2.20. The van der Waals surface area contributed by atoms with Gasteiger partial charge < -0.3 is 18.9 Å². The van der Waals surface area contributed by atoms with Gasteiger partial charge in [0.1, 0.15) is 16.3 Å². The predicted octanol–water partition coefficient (Wildman–Crippen LogP) is 6.07. The number of carbonyl (C=O) groups is 1. The molecular weight excluding hydrogens is 448 g/mol. The Morgan fingerprint density at radius 2 is 1.53 bits per heavy atom. The first-order chi connectivity index (χ1) is 14.3. The molecule has 0 N–H and O–H groups in total. The normalized spacial score (nSPS) is 11.7. The highest BCUT2D eigenvalue weighted by molar-refractivity contribution is 9.10. The molecule has 2 rings (SSSR count). The second kappa shape index (κ2) is 11.3. The van der Waals surface area contributed by atoms with E-state index in [0.29, 0.717) is 30.3 Å². The van der Waals surface area contributed by atoms with E-state index >= 15 is 0 Å². The van der Waals surface area contributed by atoms with E-state index in [1.807, 2.05) is 45.0 Å². The quantitative estimate of drug-likeness (QED) is 0.235. The zero-order valence-corrected chi connectivity index (χ0v) is 20.2. The molecule has 0 amide bonds. The molecule has 0 heterocycles. The summed E-state index contributed by atoms with van der Waals surface area (Å²) in [6.45, 7) is 8.48. The number of carbonyl (C=O) groups excluding carboxylic acids is 1. The second-order valence-corrected chi connectivity index (χ2v) is 8.31. The maximum atomic E-state index is 12.0. The van der Waals surface area contributed by atoms with Crippen molar-refractivity contribution < 1.29 is 23.7 Å². The molecule has 0 spiro atoms. The van der Waals surface area contributed by atoms with Gasteiger partial charge in [-0.15, -0.1) is 0 Å². The fourth-order valence-electron chi connectivity index (χ4n) is 3.25. The van der Waals surface area contributed by atoms with Crippen molar-refractivity contribution in [3.8, 4) is 23.0 Å². The second-order valence-electron chi connectivity index (χ2n) is 7.21. The van der Waals surface area contributed by atoms with Crippen molar-refractivity contribution in [1.82, 2.24) is 0 Å². The van der Waals surface area contributed by atoms with Crippen LogP contribution in [0.5, 0.6) is 23.0 Å². The maximum absolute atomic E-state index is 12.0. The topological polar surface area (TPSA) is 54.0 Å². The number of methoxy groups -OCH3 is 2. The fourth-order valence-corrected chi connectivity index (χ4v) is 3.76. The summed E-state index contributed by atoms with van der Waals surface area (Å²) < 4.78 is 22.6. The highest BCUT2D eigenvalue weighted by Crippen LogP contribution is 2.44. The average molecular weight is 479 g/mol. The number of rotatable bonds is 10. The molecule has 0 aliphatic rings. The SMILES string of the molecule is CCCCOC(=O)C(Br)Cc1ccc(Oc2c(C)c(OC)c(C)c(C)c2OC)cc1. The average Bonchev–Trinajstić information content (AvgIpc) is 2.74. The van der Waals surface area contributed by atoms with E-state index in [4.69, 9.17) is 18.9 Å².